The summed E-state index contributed by atoms with van der Waals surface area (Å²) in [5, 5.41) is 12.2. The van der Waals surface area contributed by atoms with E-state index in [1.165, 1.54) is 5.56 Å². The highest BCUT2D eigenvalue weighted by Gasteiger charge is 2.11. The van der Waals surface area contributed by atoms with E-state index in [4.69, 9.17) is 4.74 Å². The average molecular weight is 382 g/mol. The number of carbonyl (C=O) groups excluding carboxylic acids is 1. The van der Waals surface area contributed by atoms with Crippen LogP contribution in [0.1, 0.15) is 22.3 Å². The Morgan fingerprint density at radius 1 is 1.00 bits per heavy atom. The molecule has 3 aromatic rings. The number of hydrogen-bond donors (Lipinski definition) is 1. The summed E-state index contributed by atoms with van der Waals surface area (Å²) in [5.41, 5.74) is 4.65. The topological polar surface area (TPSA) is 62.1 Å². The molecule has 0 aliphatic rings. The van der Waals surface area contributed by atoms with Gasteiger partial charge in [-0.2, -0.15) is 5.26 Å². The zero-order valence-corrected chi connectivity index (χ0v) is 16.5. The fourth-order valence-corrected chi connectivity index (χ4v) is 2.83. The van der Waals surface area contributed by atoms with Crippen LogP contribution in [-0.2, 0) is 11.4 Å². The Balaban J connectivity index is 1.77. The van der Waals surface area contributed by atoms with Gasteiger partial charge in [0.2, 0.25) is 0 Å². The lowest BCUT2D eigenvalue weighted by atomic mass is 10.1. The fourth-order valence-electron chi connectivity index (χ4n) is 2.83. The lowest BCUT2D eigenvalue weighted by Crippen LogP contribution is -2.13. The molecule has 0 atom stereocenters. The third-order valence-electron chi connectivity index (χ3n) is 4.37. The van der Waals surface area contributed by atoms with Crippen LogP contribution in [0.4, 0.5) is 5.69 Å². The van der Waals surface area contributed by atoms with Gasteiger partial charge in [0, 0.05) is 11.3 Å². The molecule has 1 N–H and O–H groups in total. The molecular formula is C25H22N2O2. The number of aryl methyl sites for hydroxylation is 2. The first kappa shape index (κ1) is 19.9. The van der Waals surface area contributed by atoms with Crippen LogP contribution in [0, 0.1) is 25.2 Å². The number of amides is 1. The summed E-state index contributed by atoms with van der Waals surface area (Å²) < 4.78 is 5.95. The Morgan fingerprint density at radius 2 is 1.76 bits per heavy atom. The van der Waals surface area contributed by atoms with Crippen LogP contribution in [-0.4, -0.2) is 5.91 Å². The molecule has 29 heavy (non-hydrogen) atoms. The Bertz CT molecular complexity index is 1080. The molecule has 0 unspecified atom stereocenters. The molecule has 3 rings (SSSR count). The fraction of sp³-hybridized carbons (Fsp3) is 0.120. The van der Waals surface area contributed by atoms with E-state index in [-0.39, 0.29) is 5.57 Å². The first-order valence-corrected chi connectivity index (χ1v) is 9.32. The predicted octanol–water partition coefficient (Wildman–Crippen LogP) is 5.43. The van der Waals surface area contributed by atoms with E-state index < -0.39 is 5.91 Å². The molecule has 1 amide bonds. The van der Waals surface area contributed by atoms with Gasteiger partial charge in [-0.1, -0.05) is 65.7 Å². The van der Waals surface area contributed by atoms with E-state index in [1.807, 2.05) is 74.5 Å². The first-order valence-electron chi connectivity index (χ1n) is 9.32. The van der Waals surface area contributed by atoms with Crippen molar-refractivity contribution in [2.75, 3.05) is 5.32 Å². The summed E-state index contributed by atoms with van der Waals surface area (Å²) in [5.74, 6) is 0.162. The maximum atomic E-state index is 12.5. The minimum Gasteiger partial charge on any atom is -0.488 e. The van der Waals surface area contributed by atoms with Gasteiger partial charge in [0.1, 0.15) is 24.0 Å². The number of nitrogens with one attached hydrogen (secondary N) is 1. The maximum absolute atomic E-state index is 12.5. The van der Waals surface area contributed by atoms with Crippen LogP contribution in [0.15, 0.2) is 78.4 Å². The molecule has 0 bridgehead atoms. The van der Waals surface area contributed by atoms with Crippen molar-refractivity contribution >= 4 is 17.7 Å². The second kappa shape index (κ2) is 9.38. The number of anilines is 1. The van der Waals surface area contributed by atoms with Crippen LogP contribution < -0.4 is 10.1 Å². The Labute approximate surface area is 171 Å². The van der Waals surface area contributed by atoms with Crippen LogP contribution in [0.5, 0.6) is 5.75 Å². The number of nitriles is 1. The van der Waals surface area contributed by atoms with E-state index in [0.717, 1.165) is 11.1 Å². The van der Waals surface area contributed by atoms with E-state index in [0.29, 0.717) is 23.6 Å². The highest BCUT2D eigenvalue weighted by Crippen LogP contribution is 2.23. The van der Waals surface area contributed by atoms with Gasteiger partial charge >= 0.3 is 0 Å². The molecule has 0 aliphatic heterocycles. The smallest absolute Gasteiger partial charge is 0.266 e. The molecule has 0 saturated carbocycles. The number of nitrogens with zero attached hydrogens (tertiary/aromatic N) is 1. The number of hydrogen-bond acceptors (Lipinski definition) is 3. The summed E-state index contributed by atoms with van der Waals surface area (Å²) in [6, 6.07) is 24.8. The second-order valence-electron chi connectivity index (χ2n) is 6.81. The quantitative estimate of drug-likeness (QED) is 0.457. The van der Waals surface area contributed by atoms with Crippen molar-refractivity contribution in [3.05, 3.63) is 101 Å². The number of rotatable bonds is 6. The number of ether oxygens (including phenoxy) is 1. The zero-order valence-electron chi connectivity index (χ0n) is 16.5. The highest BCUT2D eigenvalue weighted by molar-refractivity contribution is 6.09. The largest absolute Gasteiger partial charge is 0.488 e. The second-order valence-corrected chi connectivity index (χ2v) is 6.81. The minimum absolute atomic E-state index is 0.0113. The molecule has 3 aromatic carbocycles. The summed E-state index contributed by atoms with van der Waals surface area (Å²) in [4.78, 5) is 12.5. The van der Waals surface area contributed by atoms with Crippen LogP contribution in [0.3, 0.4) is 0 Å². The van der Waals surface area contributed by atoms with Crippen molar-refractivity contribution in [2.24, 2.45) is 0 Å². The van der Waals surface area contributed by atoms with Crippen LogP contribution in [0.2, 0.25) is 0 Å². The highest BCUT2D eigenvalue weighted by atomic mass is 16.5. The molecule has 4 nitrogen and oxygen atoms in total. The molecule has 0 aromatic heterocycles. The molecule has 0 heterocycles. The van der Waals surface area contributed by atoms with Crippen molar-refractivity contribution in [3.8, 4) is 11.8 Å². The average Bonchev–Trinajstić information content (AvgIpc) is 2.73. The van der Waals surface area contributed by atoms with Crippen molar-refractivity contribution in [1.29, 1.82) is 5.26 Å². The molecule has 0 radical (unpaired) electrons. The number of carbonyl (C=O) groups is 1. The lowest BCUT2D eigenvalue weighted by molar-refractivity contribution is -0.112. The summed E-state index contributed by atoms with van der Waals surface area (Å²) in [6.45, 7) is 4.41. The SMILES string of the molecule is Cc1ccc(NC(=O)/C(C#N)=C/c2ccccc2OCc2cccc(C)c2)cc1. The van der Waals surface area contributed by atoms with Crippen molar-refractivity contribution in [2.45, 2.75) is 20.5 Å². The van der Waals surface area contributed by atoms with Crippen molar-refractivity contribution < 1.29 is 9.53 Å². The third-order valence-corrected chi connectivity index (χ3v) is 4.37. The van der Waals surface area contributed by atoms with E-state index in [2.05, 4.69) is 11.4 Å². The normalized spacial score (nSPS) is 10.9. The molecule has 4 heteroatoms. The van der Waals surface area contributed by atoms with Gasteiger partial charge in [0.05, 0.1) is 0 Å². The molecule has 0 fully saturated rings. The van der Waals surface area contributed by atoms with Gasteiger partial charge in [-0.15, -0.1) is 0 Å². The lowest BCUT2D eigenvalue weighted by Gasteiger charge is -2.10. The number of benzene rings is 3. The van der Waals surface area contributed by atoms with Crippen LogP contribution >= 0.6 is 0 Å². The summed E-state index contributed by atoms with van der Waals surface area (Å²) >= 11 is 0. The summed E-state index contributed by atoms with van der Waals surface area (Å²) in [6.07, 6.45) is 1.55. The van der Waals surface area contributed by atoms with Gasteiger partial charge in [-0.05, 0) is 43.7 Å². The van der Waals surface area contributed by atoms with Gasteiger partial charge in [-0.25, -0.2) is 0 Å². The Kier molecular flexibility index (Phi) is 6.44. The van der Waals surface area contributed by atoms with Crippen molar-refractivity contribution in [3.63, 3.8) is 0 Å². The number of para-hydroxylation sites is 1. The maximum Gasteiger partial charge on any atom is 0.266 e. The first-order chi connectivity index (χ1) is 14.0. The zero-order chi connectivity index (χ0) is 20.6. The molecule has 144 valence electrons. The predicted molar refractivity (Wildman–Crippen MR) is 115 cm³/mol. The van der Waals surface area contributed by atoms with E-state index in [9.17, 15) is 10.1 Å². The van der Waals surface area contributed by atoms with Gasteiger partial charge in [-0.3, -0.25) is 4.79 Å². The minimum atomic E-state index is -0.454. The van der Waals surface area contributed by atoms with Gasteiger partial charge in [0.25, 0.3) is 5.91 Å². The Hall–Kier alpha value is -3.84. The molecule has 0 spiro atoms. The van der Waals surface area contributed by atoms with E-state index in [1.54, 1.807) is 18.2 Å². The molecular weight excluding hydrogens is 360 g/mol. The monoisotopic (exact) mass is 382 g/mol. The Morgan fingerprint density at radius 3 is 2.48 bits per heavy atom. The van der Waals surface area contributed by atoms with Crippen LogP contribution in [0.25, 0.3) is 6.08 Å². The van der Waals surface area contributed by atoms with Crippen molar-refractivity contribution in [1.82, 2.24) is 0 Å². The van der Waals surface area contributed by atoms with Gasteiger partial charge in [0.15, 0.2) is 0 Å². The third kappa shape index (κ3) is 5.57. The molecule has 0 saturated heterocycles. The van der Waals surface area contributed by atoms with E-state index >= 15 is 0 Å². The standard InChI is InChI=1S/C25H22N2O2/c1-18-10-12-23(13-11-18)27-25(28)22(16-26)15-21-8-3-4-9-24(21)29-17-20-7-5-6-19(2)14-20/h3-15H,17H2,1-2H3,(H,27,28)/b22-15+. The summed E-state index contributed by atoms with van der Waals surface area (Å²) in [7, 11) is 0. The molecule has 0 aliphatic carbocycles. The van der Waals surface area contributed by atoms with Gasteiger partial charge < -0.3 is 10.1 Å².